The SMILES string of the molecule is CN(NC(=O)C(=NNC1CC1)C(=O)NN(C)C(=[Se])c1ccccc1)C(=[Se])c1ccccc1. The number of hydrogen-bond donors (Lipinski definition) is 3. The van der Waals surface area contributed by atoms with Gasteiger partial charge in [-0.25, -0.2) is 0 Å². The molecule has 1 saturated carbocycles. The van der Waals surface area contributed by atoms with Crippen LogP contribution in [0.4, 0.5) is 0 Å². The third-order valence-electron chi connectivity index (χ3n) is 4.56. The summed E-state index contributed by atoms with van der Waals surface area (Å²) in [6, 6.07) is 19.3. The van der Waals surface area contributed by atoms with Gasteiger partial charge in [0.05, 0.1) is 0 Å². The van der Waals surface area contributed by atoms with E-state index < -0.39 is 11.8 Å². The number of hydrazone groups is 1. The van der Waals surface area contributed by atoms with Gasteiger partial charge in [-0.2, -0.15) is 0 Å². The summed E-state index contributed by atoms with van der Waals surface area (Å²) in [5.41, 5.74) is 9.82. The van der Waals surface area contributed by atoms with Crippen molar-refractivity contribution in [1.29, 1.82) is 0 Å². The van der Waals surface area contributed by atoms with E-state index in [4.69, 9.17) is 0 Å². The van der Waals surface area contributed by atoms with E-state index in [9.17, 15) is 9.59 Å². The van der Waals surface area contributed by atoms with Gasteiger partial charge < -0.3 is 0 Å². The van der Waals surface area contributed by atoms with E-state index in [1.807, 2.05) is 60.7 Å². The number of amides is 2. The van der Waals surface area contributed by atoms with Gasteiger partial charge in [0.25, 0.3) is 0 Å². The van der Waals surface area contributed by atoms with Crippen LogP contribution in [0.25, 0.3) is 0 Å². The Morgan fingerprint density at radius 2 is 1.22 bits per heavy atom. The van der Waals surface area contributed by atoms with Crippen LogP contribution in [0, 0.1) is 0 Å². The fourth-order valence-electron chi connectivity index (χ4n) is 2.63. The summed E-state index contributed by atoms with van der Waals surface area (Å²) in [5, 5.41) is 7.15. The molecule has 3 N–H and O–H groups in total. The van der Waals surface area contributed by atoms with Crippen molar-refractivity contribution in [3.05, 3.63) is 71.8 Å². The van der Waals surface area contributed by atoms with Gasteiger partial charge in [-0.1, -0.05) is 0 Å². The van der Waals surface area contributed by atoms with Crippen molar-refractivity contribution in [3.8, 4) is 0 Å². The molecule has 32 heavy (non-hydrogen) atoms. The Balaban J connectivity index is 1.68. The predicted molar refractivity (Wildman–Crippen MR) is 128 cm³/mol. The van der Waals surface area contributed by atoms with E-state index in [1.54, 1.807) is 14.1 Å². The van der Waals surface area contributed by atoms with E-state index in [1.165, 1.54) is 10.0 Å². The normalized spacial score (nSPS) is 12.2. The van der Waals surface area contributed by atoms with Gasteiger partial charge in [-0.3, -0.25) is 0 Å². The molecule has 0 saturated heterocycles. The van der Waals surface area contributed by atoms with Crippen molar-refractivity contribution in [1.82, 2.24) is 26.3 Å². The first kappa shape index (κ1) is 23.9. The fourth-order valence-corrected chi connectivity index (χ4v) is 3.40. The van der Waals surface area contributed by atoms with Crippen molar-refractivity contribution < 1.29 is 9.59 Å². The Morgan fingerprint density at radius 3 is 1.59 bits per heavy atom. The topological polar surface area (TPSA) is 89.1 Å². The molecule has 3 rings (SSSR count). The van der Waals surface area contributed by atoms with Gasteiger partial charge in [0.15, 0.2) is 0 Å². The molecule has 0 spiro atoms. The molecule has 10 heteroatoms. The van der Waals surface area contributed by atoms with E-state index in [0.717, 1.165) is 24.0 Å². The van der Waals surface area contributed by atoms with Crippen LogP contribution in [0.1, 0.15) is 24.0 Å². The number of nitrogens with zero attached hydrogens (tertiary/aromatic N) is 3. The summed E-state index contributed by atoms with van der Waals surface area (Å²) in [6.45, 7) is 0. The van der Waals surface area contributed by atoms with Crippen molar-refractivity contribution in [2.45, 2.75) is 18.9 Å². The first-order valence-electron chi connectivity index (χ1n) is 9.98. The van der Waals surface area contributed by atoms with Gasteiger partial charge in [0.1, 0.15) is 0 Å². The second kappa shape index (κ2) is 11.2. The number of carbonyl (C=O) groups excluding carboxylic acids is 2. The third-order valence-corrected chi connectivity index (χ3v) is 6.69. The predicted octanol–water partition coefficient (Wildman–Crippen LogP) is -0.286. The molecule has 1 aliphatic carbocycles. The molecule has 0 radical (unpaired) electrons. The van der Waals surface area contributed by atoms with Gasteiger partial charge in [-0.15, -0.1) is 0 Å². The van der Waals surface area contributed by atoms with Crippen LogP contribution < -0.4 is 16.3 Å². The summed E-state index contributed by atoms with van der Waals surface area (Å²) in [5.74, 6) is -1.26. The van der Waals surface area contributed by atoms with Crippen molar-refractivity contribution >= 4 is 57.8 Å². The molecule has 0 unspecified atom stereocenters. The van der Waals surface area contributed by atoms with Gasteiger partial charge in [0.2, 0.25) is 0 Å². The second-order valence-corrected chi connectivity index (χ2v) is 8.83. The van der Waals surface area contributed by atoms with Crippen LogP contribution in [-0.2, 0) is 9.59 Å². The standard InChI is InChI=1S/C22H24N6O2Se2/c1-27(21(31)15-9-5-3-6-10-15)25-19(29)18(24-23-17-13-14-17)20(30)26-28(2)22(32)16-11-7-4-8-12-16/h3-12,17,23H,13-14H2,1-2H3,(H,25,29)(H,26,30). The summed E-state index contributed by atoms with van der Waals surface area (Å²) < 4.78 is 1.41. The van der Waals surface area contributed by atoms with Crippen LogP contribution in [0.15, 0.2) is 65.8 Å². The number of hydrazine groups is 2. The van der Waals surface area contributed by atoms with Crippen LogP contribution in [0.2, 0.25) is 0 Å². The Morgan fingerprint density at radius 1 is 0.812 bits per heavy atom. The average Bonchev–Trinajstić information content (AvgIpc) is 3.63. The quantitative estimate of drug-likeness (QED) is 0.161. The molecule has 2 aromatic rings. The first-order chi connectivity index (χ1) is 15.4. The van der Waals surface area contributed by atoms with Crippen molar-refractivity contribution in [2.75, 3.05) is 14.1 Å². The average molecular weight is 562 g/mol. The number of hydrogen-bond acceptors (Lipinski definition) is 6. The van der Waals surface area contributed by atoms with Crippen molar-refractivity contribution in [3.63, 3.8) is 0 Å². The van der Waals surface area contributed by atoms with Crippen molar-refractivity contribution in [2.24, 2.45) is 5.10 Å². The molecule has 166 valence electrons. The molecule has 0 aliphatic heterocycles. The first-order valence-corrected chi connectivity index (χ1v) is 11.7. The zero-order valence-corrected chi connectivity index (χ0v) is 21.2. The summed E-state index contributed by atoms with van der Waals surface area (Å²) >= 11 is 5.90. The summed E-state index contributed by atoms with van der Waals surface area (Å²) in [4.78, 5) is 25.9. The molecule has 8 nitrogen and oxygen atoms in total. The molecule has 2 amide bonds. The van der Waals surface area contributed by atoms with Gasteiger partial charge >= 0.3 is 204 Å². The minimum absolute atomic E-state index is 0.193. The van der Waals surface area contributed by atoms with E-state index >= 15 is 0 Å². The monoisotopic (exact) mass is 564 g/mol. The maximum atomic E-state index is 12.9. The van der Waals surface area contributed by atoms with Gasteiger partial charge in [0, 0.05) is 0 Å². The molecule has 0 aromatic heterocycles. The molecule has 2 aromatic carbocycles. The summed E-state index contributed by atoms with van der Waals surface area (Å²) in [7, 11) is 3.38. The Labute approximate surface area is 203 Å². The molecule has 0 bridgehead atoms. The van der Waals surface area contributed by atoms with Crippen LogP contribution in [0.5, 0.6) is 0 Å². The molecule has 0 atom stereocenters. The molecule has 1 fully saturated rings. The Hall–Kier alpha value is -2.77. The number of nitrogens with one attached hydrogen (secondary N) is 3. The second-order valence-electron chi connectivity index (χ2n) is 7.21. The zero-order chi connectivity index (χ0) is 23.1. The minimum atomic E-state index is -0.628. The summed E-state index contributed by atoms with van der Waals surface area (Å²) in [6.07, 6.45) is 1.93. The van der Waals surface area contributed by atoms with E-state index in [2.05, 4.69) is 52.5 Å². The Bertz CT molecular complexity index is 952. The maximum absolute atomic E-state index is 12.9. The fraction of sp³-hybridized carbons (Fsp3) is 0.227. The molecular formula is C22H24N6O2Se2. The molecular weight excluding hydrogens is 538 g/mol. The van der Waals surface area contributed by atoms with E-state index in [-0.39, 0.29) is 11.8 Å². The third kappa shape index (κ3) is 6.61. The van der Waals surface area contributed by atoms with Crippen LogP contribution >= 0.6 is 0 Å². The molecule has 1 aliphatic rings. The van der Waals surface area contributed by atoms with E-state index in [0.29, 0.717) is 9.08 Å². The number of benzene rings is 2. The molecule has 0 heterocycles. The number of carbonyl (C=O) groups is 2. The Kier molecular flexibility index (Phi) is 8.36. The zero-order valence-electron chi connectivity index (χ0n) is 17.7. The van der Waals surface area contributed by atoms with Gasteiger partial charge in [-0.05, 0) is 0 Å². The number of rotatable bonds is 10. The van der Waals surface area contributed by atoms with Crippen LogP contribution in [0.3, 0.4) is 0 Å². The van der Waals surface area contributed by atoms with Crippen LogP contribution in [-0.4, -0.2) is 87.9 Å².